The van der Waals surface area contributed by atoms with E-state index in [-0.39, 0.29) is 0 Å². The lowest BCUT2D eigenvalue weighted by Gasteiger charge is -2.03. The van der Waals surface area contributed by atoms with Crippen molar-refractivity contribution in [2.45, 2.75) is 26.7 Å². The summed E-state index contributed by atoms with van der Waals surface area (Å²) in [4.78, 5) is 8.36. The summed E-state index contributed by atoms with van der Waals surface area (Å²) in [5.41, 5.74) is 2.76. The van der Waals surface area contributed by atoms with Crippen LogP contribution in [0.25, 0.3) is 0 Å². The lowest BCUT2D eigenvalue weighted by atomic mass is 10.0. The fourth-order valence-electron chi connectivity index (χ4n) is 0.951. The summed E-state index contributed by atoms with van der Waals surface area (Å²) in [6.45, 7) is 6.54. The van der Waals surface area contributed by atoms with Crippen molar-refractivity contribution in [3.8, 4) is 0 Å². The molecule has 4 heteroatoms. The van der Waals surface area contributed by atoms with Gasteiger partial charge in [0, 0.05) is 0 Å². The van der Waals surface area contributed by atoms with Crippen molar-refractivity contribution in [2.75, 3.05) is 0 Å². The zero-order valence-corrected chi connectivity index (χ0v) is 8.60. The van der Waals surface area contributed by atoms with E-state index < -0.39 is 5.09 Å². The fraction of sp³-hybridized carbons (Fsp3) is 0.400. The number of hydrogen-bond acceptors (Lipinski definition) is 2. The Morgan fingerprint density at radius 2 is 1.64 bits per heavy atom. The van der Waals surface area contributed by atoms with Gasteiger partial charge < -0.3 is 5.21 Å². The molecule has 1 rings (SSSR count). The molecule has 14 heavy (non-hydrogen) atoms. The average Bonchev–Trinajstić information content (AvgIpc) is 2.03. The topological polar surface area (TPSA) is 63.4 Å². The molecule has 0 fully saturated rings. The largest absolute Gasteiger partial charge is 0.328 e. The standard InChI is InChI=1S/C10H14.HNO3/c1-8(2)10-6-4-9(3)5-7-10;2-1(3)4/h4-8H,1-3H3;(H,2,3,4). The third-order valence-electron chi connectivity index (χ3n) is 1.74. The highest BCUT2D eigenvalue weighted by molar-refractivity contribution is 5.23. The Morgan fingerprint density at radius 1 is 1.29 bits per heavy atom. The van der Waals surface area contributed by atoms with Gasteiger partial charge in [-0.3, -0.25) is 0 Å². The zero-order chi connectivity index (χ0) is 11.1. The molecule has 78 valence electrons. The predicted octanol–water partition coefficient (Wildman–Crippen LogP) is 2.77. The highest BCUT2D eigenvalue weighted by Gasteiger charge is 1.95. The molecule has 0 atom stereocenters. The Balaban J connectivity index is 0.000000364. The molecular weight excluding hydrogens is 182 g/mol. The summed E-state index contributed by atoms with van der Waals surface area (Å²) < 4.78 is 0. The van der Waals surface area contributed by atoms with Crippen LogP contribution in [0.5, 0.6) is 0 Å². The molecule has 0 spiro atoms. The maximum atomic E-state index is 8.36. The predicted molar refractivity (Wildman–Crippen MR) is 54.0 cm³/mol. The van der Waals surface area contributed by atoms with Gasteiger partial charge in [0.2, 0.25) is 0 Å². The Hall–Kier alpha value is -1.58. The second-order valence-electron chi connectivity index (χ2n) is 3.30. The van der Waals surface area contributed by atoms with E-state index in [2.05, 4.69) is 45.0 Å². The van der Waals surface area contributed by atoms with Gasteiger partial charge in [-0.25, -0.2) is 0 Å². The third-order valence-corrected chi connectivity index (χ3v) is 1.74. The lowest BCUT2D eigenvalue weighted by Crippen LogP contribution is -1.85. The van der Waals surface area contributed by atoms with Gasteiger partial charge in [0.05, 0.1) is 0 Å². The minimum absolute atomic E-state index is 0.653. The van der Waals surface area contributed by atoms with Crippen molar-refractivity contribution >= 4 is 0 Å². The number of nitrogens with zero attached hydrogens (tertiary/aromatic N) is 1. The lowest BCUT2D eigenvalue weighted by molar-refractivity contribution is -0.742. The van der Waals surface area contributed by atoms with Gasteiger partial charge in [-0.1, -0.05) is 43.7 Å². The van der Waals surface area contributed by atoms with E-state index in [9.17, 15) is 0 Å². The van der Waals surface area contributed by atoms with Crippen molar-refractivity contribution in [1.82, 2.24) is 0 Å². The van der Waals surface area contributed by atoms with Crippen LogP contribution in [-0.4, -0.2) is 10.3 Å². The van der Waals surface area contributed by atoms with Crippen molar-refractivity contribution < 1.29 is 10.3 Å². The minimum atomic E-state index is -1.50. The van der Waals surface area contributed by atoms with Gasteiger partial charge in [-0.2, -0.15) is 0 Å². The first kappa shape index (κ1) is 12.4. The molecule has 1 aromatic carbocycles. The van der Waals surface area contributed by atoms with Crippen LogP contribution in [0.4, 0.5) is 0 Å². The zero-order valence-electron chi connectivity index (χ0n) is 8.60. The van der Waals surface area contributed by atoms with Crippen LogP contribution in [-0.2, 0) is 0 Å². The van der Waals surface area contributed by atoms with Crippen molar-refractivity contribution in [2.24, 2.45) is 0 Å². The second-order valence-corrected chi connectivity index (χ2v) is 3.30. The summed E-state index contributed by atoms with van der Waals surface area (Å²) in [6.07, 6.45) is 0. The van der Waals surface area contributed by atoms with Gasteiger partial charge in [0.1, 0.15) is 0 Å². The molecule has 0 bridgehead atoms. The Kier molecular flexibility index (Phi) is 5.29. The van der Waals surface area contributed by atoms with Gasteiger partial charge >= 0.3 is 0 Å². The molecule has 0 aliphatic rings. The molecule has 0 heterocycles. The highest BCUT2D eigenvalue weighted by atomic mass is 16.9. The number of hydrogen-bond donors (Lipinski definition) is 1. The van der Waals surface area contributed by atoms with Gasteiger partial charge in [0.25, 0.3) is 5.09 Å². The highest BCUT2D eigenvalue weighted by Crippen LogP contribution is 2.13. The number of benzene rings is 1. The molecule has 0 aliphatic heterocycles. The molecule has 0 aromatic heterocycles. The Labute approximate surface area is 83.3 Å². The summed E-state index contributed by atoms with van der Waals surface area (Å²) in [5.74, 6) is 0.653. The molecule has 0 radical (unpaired) electrons. The monoisotopic (exact) mass is 197 g/mol. The number of aryl methyl sites for hydroxylation is 1. The van der Waals surface area contributed by atoms with E-state index in [0.29, 0.717) is 5.92 Å². The summed E-state index contributed by atoms with van der Waals surface area (Å²) in [5, 5.41) is 13.6. The molecule has 0 saturated carbocycles. The van der Waals surface area contributed by atoms with Crippen LogP contribution >= 0.6 is 0 Å². The summed E-state index contributed by atoms with van der Waals surface area (Å²) in [7, 11) is 0. The molecule has 0 saturated heterocycles. The fourth-order valence-corrected chi connectivity index (χ4v) is 0.951. The van der Waals surface area contributed by atoms with E-state index in [4.69, 9.17) is 15.3 Å². The second kappa shape index (κ2) is 5.96. The summed E-state index contributed by atoms with van der Waals surface area (Å²) in [6, 6.07) is 8.71. The first-order valence-electron chi connectivity index (χ1n) is 4.33. The van der Waals surface area contributed by atoms with Crippen molar-refractivity contribution in [3.63, 3.8) is 0 Å². The smallest absolute Gasteiger partial charge is 0.291 e. The molecular formula is C10H15NO3. The van der Waals surface area contributed by atoms with Crippen LogP contribution < -0.4 is 0 Å². The van der Waals surface area contributed by atoms with Crippen LogP contribution in [0.3, 0.4) is 0 Å². The first-order chi connectivity index (χ1) is 6.43. The van der Waals surface area contributed by atoms with Crippen LogP contribution in [0.1, 0.15) is 30.9 Å². The summed E-state index contributed by atoms with van der Waals surface area (Å²) >= 11 is 0. The average molecular weight is 197 g/mol. The van der Waals surface area contributed by atoms with E-state index in [1.165, 1.54) is 11.1 Å². The van der Waals surface area contributed by atoms with Crippen molar-refractivity contribution in [1.29, 1.82) is 0 Å². The van der Waals surface area contributed by atoms with Crippen LogP contribution in [0.15, 0.2) is 24.3 Å². The minimum Gasteiger partial charge on any atom is -0.328 e. The Bertz CT molecular complexity index is 276. The van der Waals surface area contributed by atoms with Gasteiger partial charge in [-0.05, 0) is 18.4 Å². The normalized spacial score (nSPS) is 9.14. The maximum absolute atomic E-state index is 8.36. The third kappa shape index (κ3) is 5.99. The van der Waals surface area contributed by atoms with Crippen molar-refractivity contribution in [3.05, 3.63) is 45.5 Å². The van der Waals surface area contributed by atoms with E-state index >= 15 is 0 Å². The Morgan fingerprint density at radius 3 is 1.93 bits per heavy atom. The molecule has 4 nitrogen and oxygen atoms in total. The van der Waals surface area contributed by atoms with E-state index in [1.807, 2.05) is 0 Å². The van der Waals surface area contributed by atoms with E-state index in [1.54, 1.807) is 0 Å². The van der Waals surface area contributed by atoms with Gasteiger partial charge in [0.15, 0.2) is 0 Å². The maximum Gasteiger partial charge on any atom is 0.291 e. The molecule has 1 N–H and O–H groups in total. The van der Waals surface area contributed by atoms with E-state index in [0.717, 1.165) is 0 Å². The molecule has 0 unspecified atom stereocenters. The van der Waals surface area contributed by atoms with Crippen LogP contribution in [0, 0.1) is 17.0 Å². The molecule has 0 amide bonds. The van der Waals surface area contributed by atoms with Gasteiger partial charge in [-0.15, -0.1) is 10.1 Å². The quantitative estimate of drug-likeness (QED) is 0.556. The SMILES string of the molecule is Cc1ccc(C(C)C)cc1.O=[N+]([O-])O. The molecule has 1 aromatic rings. The van der Waals surface area contributed by atoms with Crippen LogP contribution in [0.2, 0.25) is 0 Å². The molecule has 0 aliphatic carbocycles. The first-order valence-corrected chi connectivity index (χ1v) is 4.33. The number of rotatable bonds is 1.